The van der Waals surface area contributed by atoms with Crippen LogP contribution in [0.25, 0.3) is 0 Å². The van der Waals surface area contributed by atoms with Crippen LogP contribution in [0.2, 0.25) is 0 Å². The Bertz CT molecular complexity index is 557. The van der Waals surface area contributed by atoms with Crippen LogP contribution in [0.4, 0.5) is 0 Å². The second-order valence-electron chi connectivity index (χ2n) is 6.91. The fraction of sp³-hybridized carbons (Fsp3) is 0.684. The zero-order valence-corrected chi connectivity index (χ0v) is 16.2. The monoisotopic (exact) mass is 368 g/mol. The number of ketones is 5. The molecule has 0 saturated heterocycles. The second-order valence-corrected chi connectivity index (χ2v) is 6.91. The number of ether oxygens (including phenoxy) is 1. The predicted molar refractivity (Wildman–Crippen MR) is 93.4 cm³/mol. The SMILES string of the molecule is CCOC(=O)C(CC(C)=O)(CC(C)=O)CC(=O)C(CC(C)=O)CC(C)=O. The minimum absolute atomic E-state index is 0.0366. The molecule has 0 radical (unpaired) electrons. The molecule has 0 fully saturated rings. The van der Waals surface area contributed by atoms with Crippen molar-refractivity contribution in [2.75, 3.05) is 6.61 Å². The van der Waals surface area contributed by atoms with Crippen molar-refractivity contribution >= 4 is 34.9 Å². The van der Waals surface area contributed by atoms with E-state index in [9.17, 15) is 28.8 Å². The molecule has 0 aromatic rings. The number of rotatable bonds is 13. The number of esters is 1. The lowest BCUT2D eigenvalue weighted by Gasteiger charge is -2.30. The van der Waals surface area contributed by atoms with Gasteiger partial charge >= 0.3 is 5.97 Å². The van der Waals surface area contributed by atoms with Crippen LogP contribution in [0, 0.1) is 11.3 Å². The number of hydrogen-bond donors (Lipinski definition) is 0. The maximum absolute atomic E-state index is 12.8. The summed E-state index contributed by atoms with van der Waals surface area (Å²) in [5.41, 5.74) is -1.60. The van der Waals surface area contributed by atoms with E-state index in [0.717, 1.165) is 0 Å². The molecule has 7 nitrogen and oxygen atoms in total. The zero-order valence-electron chi connectivity index (χ0n) is 16.2. The van der Waals surface area contributed by atoms with Gasteiger partial charge in [0.15, 0.2) is 0 Å². The molecular formula is C19H28O7. The fourth-order valence-electron chi connectivity index (χ4n) is 3.11. The van der Waals surface area contributed by atoms with Gasteiger partial charge < -0.3 is 14.3 Å². The number of Topliss-reactive ketones (excluding diaryl/α,β-unsaturated/α-hetero) is 5. The molecule has 0 heterocycles. The third kappa shape index (κ3) is 8.27. The van der Waals surface area contributed by atoms with Gasteiger partial charge in [-0.25, -0.2) is 0 Å². The van der Waals surface area contributed by atoms with Crippen LogP contribution >= 0.6 is 0 Å². The van der Waals surface area contributed by atoms with Crippen LogP contribution in [0.15, 0.2) is 0 Å². The molecule has 0 aromatic carbocycles. The first-order valence-electron chi connectivity index (χ1n) is 8.61. The van der Waals surface area contributed by atoms with E-state index in [1.54, 1.807) is 6.92 Å². The Morgan fingerprint density at radius 1 is 0.731 bits per heavy atom. The molecule has 146 valence electrons. The Labute approximate surface area is 153 Å². The predicted octanol–water partition coefficient (Wildman–Crippen LogP) is 2.03. The topological polar surface area (TPSA) is 112 Å². The van der Waals surface area contributed by atoms with E-state index < -0.39 is 29.5 Å². The quantitative estimate of drug-likeness (QED) is 0.457. The van der Waals surface area contributed by atoms with Gasteiger partial charge in [0.05, 0.1) is 12.0 Å². The van der Waals surface area contributed by atoms with E-state index in [0.29, 0.717) is 0 Å². The number of carbonyl (C=O) groups is 6. The van der Waals surface area contributed by atoms with Gasteiger partial charge in [0.1, 0.15) is 28.9 Å². The summed E-state index contributed by atoms with van der Waals surface area (Å²) in [6.07, 6.45) is -1.31. The molecular weight excluding hydrogens is 340 g/mol. The normalized spacial score (nSPS) is 11.2. The van der Waals surface area contributed by atoms with E-state index in [1.165, 1.54) is 27.7 Å². The molecule has 7 heteroatoms. The van der Waals surface area contributed by atoms with Crippen molar-refractivity contribution in [3.8, 4) is 0 Å². The lowest BCUT2D eigenvalue weighted by Crippen LogP contribution is -2.40. The van der Waals surface area contributed by atoms with Gasteiger partial charge in [0, 0.05) is 38.0 Å². The smallest absolute Gasteiger partial charge is 0.313 e. The highest BCUT2D eigenvalue weighted by molar-refractivity contribution is 5.97. The fourth-order valence-corrected chi connectivity index (χ4v) is 3.11. The van der Waals surface area contributed by atoms with Crippen LogP contribution in [0.1, 0.15) is 66.7 Å². The standard InChI is InChI=1S/C19H28O7/c1-6-26-18(25)19(9-14(4)22,10-15(5)23)11-17(24)16(7-12(2)20)8-13(3)21/h16H,6-11H2,1-5H3. The molecule has 0 aliphatic carbocycles. The third-order valence-corrected chi connectivity index (χ3v) is 3.92. The van der Waals surface area contributed by atoms with E-state index in [4.69, 9.17) is 4.74 Å². The first-order chi connectivity index (χ1) is 11.9. The summed E-state index contributed by atoms with van der Waals surface area (Å²) in [6.45, 7) is 6.77. The Hall–Kier alpha value is -2.18. The van der Waals surface area contributed by atoms with E-state index in [1.807, 2.05) is 0 Å². The van der Waals surface area contributed by atoms with E-state index >= 15 is 0 Å². The molecule has 0 aromatic heterocycles. The molecule has 0 bridgehead atoms. The third-order valence-electron chi connectivity index (χ3n) is 3.92. The van der Waals surface area contributed by atoms with Crippen LogP contribution in [-0.2, 0) is 33.5 Å². The van der Waals surface area contributed by atoms with Crippen LogP contribution in [-0.4, -0.2) is 41.5 Å². The first-order valence-corrected chi connectivity index (χ1v) is 8.61. The highest BCUT2D eigenvalue weighted by Gasteiger charge is 2.45. The van der Waals surface area contributed by atoms with Crippen LogP contribution in [0.3, 0.4) is 0 Å². The molecule has 0 unspecified atom stereocenters. The highest BCUT2D eigenvalue weighted by atomic mass is 16.5. The van der Waals surface area contributed by atoms with Crippen molar-refractivity contribution in [2.24, 2.45) is 11.3 Å². The molecule has 0 aliphatic rings. The van der Waals surface area contributed by atoms with Gasteiger partial charge in [0.25, 0.3) is 0 Å². The van der Waals surface area contributed by atoms with Crippen molar-refractivity contribution in [2.45, 2.75) is 66.7 Å². The molecule has 0 rings (SSSR count). The molecule has 0 atom stereocenters. The zero-order chi connectivity index (χ0) is 20.5. The Morgan fingerprint density at radius 2 is 1.15 bits per heavy atom. The highest BCUT2D eigenvalue weighted by Crippen LogP contribution is 2.36. The van der Waals surface area contributed by atoms with Crippen molar-refractivity contribution < 1.29 is 33.5 Å². The minimum Gasteiger partial charge on any atom is -0.466 e. The Balaban J connectivity index is 5.83. The minimum atomic E-state index is -1.60. The summed E-state index contributed by atoms with van der Waals surface area (Å²) in [6, 6.07) is 0. The van der Waals surface area contributed by atoms with Crippen molar-refractivity contribution in [1.82, 2.24) is 0 Å². The molecule has 0 aliphatic heterocycles. The maximum Gasteiger partial charge on any atom is 0.313 e. The average Bonchev–Trinajstić information content (AvgIpc) is 2.44. The second kappa shape index (κ2) is 10.7. The van der Waals surface area contributed by atoms with E-state index in [-0.39, 0.29) is 55.4 Å². The Kier molecular flexibility index (Phi) is 9.83. The summed E-state index contributed by atoms with van der Waals surface area (Å²) in [4.78, 5) is 71.6. The summed E-state index contributed by atoms with van der Waals surface area (Å²) >= 11 is 0. The van der Waals surface area contributed by atoms with Gasteiger partial charge in [-0.2, -0.15) is 0 Å². The molecule has 0 spiro atoms. The molecule has 26 heavy (non-hydrogen) atoms. The van der Waals surface area contributed by atoms with Gasteiger partial charge in [-0.05, 0) is 34.6 Å². The lowest BCUT2D eigenvalue weighted by atomic mass is 9.72. The van der Waals surface area contributed by atoms with Gasteiger partial charge in [-0.1, -0.05) is 0 Å². The van der Waals surface area contributed by atoms with E-state index in [2.05, 4.69) is 0 Å². The first kappa shape index (κ1) is 23.8. The summed E-state index contributed by atoms with van der Waals surface area (Å²) in [5.74, 6) is -3.40. The molecule has 0 N–H and O–H groups in total. The number of hydrogen-bond acceptors (Lipinski definition) is 7. The van der Waals surface area contributed by atoms with Crippen LogP contribution in [0.5, 0.6) is 0 Å². The summed E-state index contributed by atoms with van der Waals surface area (Å²) in [7, 11) is 0. The lowest BCUT2D eigenvalue weighted by molar-refractivity contribution is -0.161. The van der Waals surface area contributed by atoms with Crippen molar-refractivity contribution in [1.29, 1.82) is 0 Å². The maximum atomic E-state index is 12.8. The van der Waals surface area contributed by atoms with Crippen molar-refractivity contribution in [3.05, 3.63) is 0 Å². The summed E-state index contributed by atoms with van der Waals surface area (Å²) in [5, 5.41) is 0. The Morgan fingerprint density at radius 3 is 1.46 bits per heavy atom. The van der Waals surface area contributed by atoms with Gasteiger partial charge in [0.2, 0.25) is 0 Å². The summed E-state index contributed by atoms with van der Waals surface area (Å²) < 4.78 is 5.02. The number of carbonyl (C=O) groups excluding carboxylic acids is 6. The largest absolute Gasteiger partial charge is 0.466 e. The van der Waals surface area contributed by atoms with Gasteiger partial charge in [-0.3, -0.25) is 19.2 Å². The van der Waals surface area contributed by atoms with Crippen LogP contribution < -0.4 is 0 Å². The van der Waals surface area contributed by atoms with Crippen molar-refractivity contribution in [3.63, 3.8) is 0 Å². The van der Waals surface area contributed by atoms with Gasteiger partial charge in [-0.15, -0.1) is 0 Å². The average molecular weight is 368 g/mol. The molecule has 0 saturated carbocycles. The molecule has 0 amide bonds.